The number of H-pyrrole nitrogens is 1. The number of aromatic amines is 1. The minimum atomic E-state index is -3.31. The normalized spacial score (nSPS) is 27.6. The summed E-state index contributed by atoms with van der Waals surface area (Å²) in [5.74, 6) is 0.142. The van der Waals surface area contributed by atoms with Crippen molar-refractivity contribution in [3.8, 4) is 11.3 Å². The zero-order valence-electron chi connectivity index (χ0n) is 22.0. The maximum atomic E-state index is 15.6. The molecule has 3 aliphatic heterocycles. The molecule has 10 nitrogen and oxygen atoms in total. The lowest BCUT2D eigenvalue weighted by atomic mass is 9.93. The number of aliphatic hydroxyl groups excluding tert-OH is 1. The van der Waals surface area contributed by atoms with Gasteiger partial charge >= 0.3 is 0 Å². The van der Waals surface area contributed by atoms with Crippen molar-refractivity contribution in [3.05, 3.63) is 34.5 Å². The van der Waals surface area contributed by atoms with Crippen LogP contribution in [0.2, 0.25) is 5.02 Å². The second-order valence-electron chi connectivity index (χ2n) is 11.2. The summed E-state index contributed by atoms with van der Waals surface area (Å²) in [6.45, 7) is 4.71. The first kappa shape index (κ1) is 26.8. The summed E-state index contributed by atoms with van der Waals surface area (Å²) in [4.78, 5) is 16.9. The Bertz CT molecular complexity index is 1530. The minimum absolute atomic E-state index is 0.0390. The van der Waals surface area contributed by atoms with Crippen molar-refractivity contribution in [3.63, 3.8) is 0 Å². The summed E-state index contributed by atoms with van der Waals surface area (Å²) in [5.41, 5.74) is 2.47. The molecule has 39 heavy (non-hydrogen) atoms. The molecular formula is C26H32ClFN6O4S. The van der Waals surface area contributed by atoms with E-state index in [1.165, 1.54) is 22.8 Å². The number of sulfonamides is 1. The zero-order valence-corrected chi connectivity index (χ0v) is 23.6. The molecule has 5 atom stereocenters. The van der Waals surface area contributed by atoms with Crippen LogP contribution in [0.25, 0.3) is 22.3 Å². The van der Waals surface area contributed by atoms with Crippen molar-refractivity contribution in [1.29, 1.82) is 0 Å². The number of imidazole rings is 1. The average Bonchev–Trinajstić information content (AvgIpc) is 3.61. The average molecular weight is 579 g/mol. The summed E-state index contributed by atoms with van der Waals surface area (Å²) < 4.78 is 46.8. The quantitative estimate of drug-likeness (QED) is 0.402. The van der Waals surface area contributed by atoms with E-state index in [4.69, 9.17) is 16.3 Å². The van der Waals surface area contributed by atoms with Crippen LogP contribution in [0.3, 0.4) is 0 Å². The lowest BCUT2D eigenvalue weighted by Gasteiger charge is -2.34. The van der Waals surface area contributed by atoms with Crippen LogP contribution in [0.15, 0.2) is 12.3 Å². The van der Waals surface area contributed by atoms with Crippen LogP contribution >= 0.6 is 11.6 Å². The van der Waals surface area contributed by atoms with Gasteiger partial charge in [0.2, 0.25) is 16.0 Å². The van der Waals surface area contributed by atoms with Gasteiger partial charge in [-0.05, 0) is 43.2 Å². The Morgan fingerprint density at radius 1 is 1.28 bits per heavy atom. The molecule has 0 unspecified atom stereocenters. The molecule has 0 aliphatic carbocycles. The molecule has 3 fully saturated rings. The third kappa shape index (κ3) is 4.90. The molecule has 3 saturated heterocycles. The molecule has 3 aliphatic rings. The summed E-state index contributed by atoms with van der Waals surface area (Å²) >= 11 is 6.57. The van der Waals surface area contributed by atoms with Crippen molar-refractivity contribution in [2.24, 2.45) is 0 Å². The Kier molecular flexibility index (Phi) is 6.82. The third-order valence-electron chi connectivity index (χ3n) is 8.13. The molecule has 1 aromatic carbocycles. The monoisotopic (exact) mass is 578 g/mol. The summed E-state index contributed by atoms with van der Waals surface area (Å²) in [5, 5.41) is 14.2. The Balaban J connectivity index is 1.37. The van der Waals surface area contributed by atoms with Crippen LogP contribution in [0.1, 0.15) is 62.8 Å². The highest BCUT2D eigenvalue weighted by Crippen LogP contribution is 2.40. The van der Waals surface area contributed by atoms with Crippen LogP contribution < -0.4 is 5.32 Å². The van der Waals surface area contributed by atoms with E-state index >= 15 is 4.39 Å². The van der Waals surface area contributed by atoms with E-state index in [0.717, 1.165) is 18.4 Å². The number of aliphatic hydroxyl groups is 1. The number of hydrogen-bond acceptors (Lipinski definition) is 8. The predicted octanol–water partition coefficient (Wildman–Crippen LogP) is 3.78. The van der Waals surface area contributed by atoms with E-state index in [9.17, 15) is 13.5 Å². The van der Waals surface area contributed by atoms with Crippen LogP contribution in [-0.2, 0) is 14.8 Å². The molecule has 6 rings (SSSR count). The Morgan fingerprint density at radius 2 is 2.08 bits per heavy atom. The molecule has 0 spiro atoms. The van der Waals surface area contributed by atoms with Gasteiger partial charge in [0.15, 0.2) is 5.82 Å². The number of halogens is 2. The van der Waals surface area contributed by atoms with E-state index < -0.39 is 21.9 Å². The van der Waals surface area contributed by atoms with E-state index in [2.05, 4.69) is 25.3 Å². The number of fused-ring (bicyclic) bond motifs is 3. The number of ether oxygens (including phenoxy) is 1. The van der Waals surface area contributed by atoms with Crippen molar-refractivity contribution < 1.29 is 22.7 Å². The fourth-order valence-electron chi connectivity index (χ4n) is 6.18. The third-order valence-corrected chi connectivity index (χ3v) is 9.67. The molecule has 3 N–H and O–H groups in total. The maximum Gasteiger partial charge on any atom is 0.223 e. The van der Waals surface area contributed by atoms with Gasteiger partial charge in [-0.2, -0.15) is 0 Å². The first-order valence-corrected chi connectivity index (χ1v) is 15.5. The van der Waals surface area contributed by atoms with Gasteiger partial charge in [-0.15, -0.1) is 0 Å². The molecule has 210 valence electrons. The SMILES string of the molecule is CC(C)c1c(-c2nc(N[C@@H]3C[C@H]4CC[C@@H](O4)[C@H]3O)ncc2Cl)cc(F)c2nc([C@@H]3CCN(S(C)(=O)=O)C3)[nH]c12. The van der Waals surface area contributed by atoms with E-state index in [1.54, 1.807) is 0 Å². The molecule has 2 aromatic heterocycles. The second-order valence-corrected chi connectivity index (χ2v) is 13.6. The number of benzene rings is 1. The van der Waals surface area contributed by atoms with E-state index in [1.807, 2.05) is 13.8 Å². The van der Waals surface area contributed by atoms with Gasteiger partial charge in [-0.1, -0.05) is 25.4 Å². The number of hydrogen-bond donors (Lipinski definition) is 3. The van der Waals surface area contributed by atoms with Crippen LogP contribution in [0.5, 0.6) is 0 Å². The Hall–Kier alpha value is -2.38. The van der Waals surface area contributed by atoms with Gasteiger partial charge in [0.05, 0.1) is 46.9 Å². The van der Waals surface area contributed by atoms with Crippen molar-refractivity contribution in [1.82, 2.24) is 24.2 Å². The number of anilines is 1. The molecule has 3 aromatic rings. The first-order chi connectivity index (χ1) is 18.5. The van der Waals surface area contributed by atoms with Crippen molar-refractivity contribution in [2.45, 2.75) is 75.7 Å². The second kappa shape index (κ2) is 9.91. The van der Waals surface area contributed by atoms with Crippen molar-refractivity contribution >= 4 is 38.6 Å². The van der Waals surface area contributed by atoms with Gasteiger partial charge in [0.25, 0.3) is 0 Å². The van der Waals surface area contributed by atoms with Crippen LogP contribution in [0, 0.1) is 5.82 Å². The number of aromatic nitrogens is 4. The molecule has 0 amide bonds. The van der Waals surface area contributed by atoms with Gasteiger partial charge in [0.1, 0.15) is 17.4 Å². The van der Waals surface area contributed by atoms with E-state index in [0.29, 0.717) is 54.5 Å². The van der Waals surface area contributed by atoms with Gasteiger partial charge in [0, 0.05) is 24.6 Å². The van der Waals surface area contributed by atoms with Gasteiger partial charge in [-0.25, -0.2) is 32.1 Å². The lowest BCUT2D eigenvalue weighted by molar-refractivity contribution is -0.0811. The molecule has 0 saturated carbocycles. The number of rotatable bonds is 6. The summed E-state index contributed by atoms with van der Waals surface area (Å²) in [7, 11) is -3.31. The smallest absolute Gasteiger partial charge is 0.223 e. The van der Waals surface area contributed by atoms with Crippen LogP contribution in [-0.4, -0.2) is 81.5 Å². The molecule has 0 radical (unpaired) electrons. The van der Waals surface area contributed by atoms with E-state index in [-0.39, 0.29) is 40.6 Å². The minimum Gasteiger partial charge on any atom is -0.388 e. The predicted molar refractivity (Wildman–Crippen MR) is 146 cm³/mol. The fraction of sp³-hybridized carbons (Fsp3) is 0.577. The lowest BCUT2D eigenvalue weighted by Crippen LogP contribution is -2.47. The topological polar surface area (TPSA) is 133 Å². The van der Waals surface area contributed by atoms with Crippen LogP contribution in [0.4, 0.5) is 10.3 Å². The fourth-order valence-corrected chi connectivity index (χ4v) is 7.26. The highest BCUT2D eigenvalue weighted by Gasteiger charge is 2.42. The number of nitrogens with one attached hydrogen (secondary N) is 2. The largest absolute Gasteiger partial charge is 0.388 e. The maximum absolute atomic E-state index is 15.6. The zero-order chi connectivity index (χ0) is 27.6. The molecule has 2 bridgehead atoms. The first-order valence-electron chi connectivity index (χ1n) is 13.3. The summed E-state index contributed by atoms with van der Waals surface area (Å²) in [6, 6.07) is 1.14. The number of nitrogens with zero attached hydrogens (tertiary/aromatic N) is 4. The van der Waals surface area contributed by atoms with Gasteiger partial charge < -0.3 is 20.1 Å². The Morgan fingerprint density at radius 3 is 2.79 bits per heavy atom. The molecule has 13 heteroatoms. The van der Waals surface area contributed by atoms with Crippen molar-refractivity contribution in [2.75, 3.05) is 24.7 Å². The highest BCUT2D eigenvalue weighted by atomic mass is 35.5. The summed E-state index contributed by atoms with van der Waals surface area (Å²) in [6.07, 6.45) is 4.89. The highest BCUT2D eigenvalue weighted by molar-refractivity contribution is 7.88. The Labute approximate surface area is 231 Å². The standard InChI is InChI=1S/C26H32ClFN6O4S/c1-12(2)20-15(9-17(28)22-23(20)32-25(31-22)13-6-7-34(11-13)39(3,36)37)21-16(27)10-29-26(33-21)30-18-8-14-4-5-19(38-14)24(18)35/h9-10,12-14,18-19,24,35H,4-8,11H2,1-3H3,(H,31,32)(H,29,30,33)/t13-,14-,18-,19-,24+/m1/s1. The molecule has 5 heterocycles. The van der Waals surface area contributed by atoms with Gasteiger partial charge in [-0.3, -0.25) is 0 Å². The molecular weight excluding hydrogens is 547 g/mol.